The fourth-order valence-electron chi connectivity index (χ4n) is 1.88. The third kappa shape index (κ3) is 2.75. The number of carbonyl (C=O) groups is 1. The monoisotopic (exact) mass is 235 g/mol. The third-order valence-corrected chi connectivity index (χ3v) is 2.79. The Bertz CT molecular complexity index is 408. The van der Waals surface area contributed by atoms with Gasteiger partial charge in [0.25, 0.3) is 0 Å². The number of likely N-dealkylation sites (N-methyl/N-ethyl adjacent to an activating group) is 1. The maximum atomic E-state index is 11.1. The first-order valence-electron chi connectivity index (χ1n) is 5.70. The number of nitrogens with zero attached hydrogens (tertiary/aromatic N) is 1. The summed E-state index contributed by atoms with van der Waals surface area (Å²) < 4.78 is 0. The number of rotatable bonds is 4. The number of aliphatic hydroxyl groups excluding tert-OH is 1. The van der Waals surface area contributed by atoms with E-state index in [0.717, 1.165) is 11.3 Å². The van der Waals surface area contributed by atoms with Gasteiger partial charge in [0.05, 0.1) is 11.8 Å². The Morgan fingerprint density at radius 3 is 3.06 bits per heavy atom. The van der Waals surface area contributed by atoms with Gasteiger partial charge in [-0.15, -0.1) is 0 Å². The molecule has 1 aliphatic heterocycles. The van der Waals surface area contributed by atoms with Crippen LogP contribution in [0.4, 0.5) is 5.69 Å². The molecule has 17 heavy (non-hydrogen) atoms. The number of carbonyl (C=O) groups excluding carboxylic acids is 1. The van der Waals surface area contributed by atoms with Crippen molar-refractivity contribution in [3.8, 4) is 0 Å². The first-order valence-corrected chi connectivity index (χ1v) is 5.70. The average molecular weight is 235 g/mol. The molecule has 1 atom stereocenters. The topological polar surface area (TPSA) is 64.6 Å². The van der Waals surface area contributed by atoms with E-state index in [2.05, 4.69) is 10.7 Å². The second-order valence-electron chi connectivity index (χ2n) is 4.11. The molecule has 5 nitrogen and oxygen atoms in total. The van der Waals surface area contributed by atoms with Gasteiger partial charge in [-0.05, 0) is 24.7 Å². The van der Waals surface area contributed by atoms with Crippen LogP contribution in [0, 0.1) is 0 Å². The van der Waals surface area contributed by atoms with Crippen LogP contribution in [-0.4, -0.2) is 31.2 Å². The van der Waals surface area contributed by atoms with Gasteiger partial charge >= 0.3 is 0 Å². The number of hydrogen-bond acceptors (Lipinski definition) is 4. The van der Waals surface area contributed by atoms with Gasteiger partial charge in [-0.25, -0.2) is 0 Å². The molecule has 1 aromatic rings. The van der Waals surface area contributed by atoms with Gasteiger partial charge in [-0.3, -0.25) is 15.2 Å². The number of nitrogens with one attached hydrogen (secondary N) is 2. The highest BCUT2D eigenvalue weighted by Gasteiger charge is 2.19. The van der Waals surface area contributed by atoms with Crippen molar-refractivity contribution in [3.63, 3.8) is 0 Å². The Hall–Kier alpha value is -1.59. The Morgan fingerprint density at radius 1 is 1.59 bits per heavy atom. The summed E-state index contributed by atoms with van der Waals surface area (Å²) in [5.41, 5.74) is 4.52. The quantitative estimate of drug-likeness (QED) is 0.696. The zero-order valence-corrected chi connectivity index (χ0v) is 9.81. The average Bonchev–Trinajstić information content (AvgIpc) is 2.76. The highest BCUT2D eigenvalue weighted by molar-refractivity contribution is 5.81. The van der Waals surface area contributed by atoms with Gasteiger partial charge in [0.2, 0.25) is 5.91 Å². The van der Waals surface area contributed by atoms with E-state index < -0.39 is 6.10 Å². The van der Waals surface area contributed by atoms with E-state index in [-0.39, 0.29) is 5.91 Å². The van der Waals surface area contributed by atoms with Gasteiger partial charge in [-0.1, -0.05) is 12.1 Å². The molecule has 0 radical (unpaired) electrons. The molecule has 0 spiro atoms. The molecule has 0 aromatic heterocycles. The Balaban J connectivity index is 2.13. The molecule has 1 aliphatic rings. The zero-order chi connectivity index (χ0) is 12.3. The third-order valence-electron chi connectivity index (χ3n) is 2.79. The van der Waals surface area contributed by atoms with Crippen molar-refractivity contribution < 1.29 is 9.90 Å². The summed E-state index contributed by atoms with van der Waals surface area (Å²) in [6.07, 6.45) is -0.0122. The van der Waals surface area contributed by atoms with Crippen LogP contribution >= 0.6 is 0 Å². The van der Waals surface area contributed by atoms with Crippen molar-refractivity contribution in [2.45, 2.75) is 12.5 Å². The van der Waals surface area contributed by atoms with Crippen molar-refractivity contribution >= 4 is 11.6 Å². The first-order chi connectivity index (χ1) is 8.20. The second-order valence-corrected chi connectivity index (χ2v) is 4.11. The highest BCUT2D eigenvalue weighted by atomic mass is 16.3. The summed E-state index contributed by atoms with van der Waals surface area (Å²) >= 11 is 0. The lowest BCUT2D eigenvalue weighted by Crippen LogP contribution is -2.33. The number of hydrazine groups is 1. The van der Waals surface area contributed by atoms with Crippen LogP contribution < -0.4 is 15.8 Å². The van der Waals surface area contributed by atoms with Crippen LogP contribution in [0.1, 0.15) is 18.1 Å². The van der Waals surface area contributed by atoms with Crippen LogP contribution in [0.3, 0.4) is 0 Å². The predicted octanol–water partition coefficient (Wildman–Crippen LogP) is 0.181. The molecule has 3 N–H and O–H groups in total. The van der Waals surface area contributed by atoms with Gasteiger partial charge < -0.3 is 10.4 Å². The number of hydrogen-bond donors (Lipinski definition) is 3. The molecule has 1 heterocycles. The minimum Gasteiger partial charge on any atom is -0.387 e. The molecule has 5 heteroatoms. The Labute approximate surface area is 100 Å². The minimum absolute atomic E-state index is 0.0335. The molecule has 1 saturated heterocycles. The predicted molar refractivity (Wildman–Crippen MR) is 65.4 cm³/mol. The standard InChI is InChI=1S/C12H17N3O2/c1-13-8-11(16)9-3-2-4-10(7-9)15-6-5-12(17)14-15/h2-4,7,11,13,16H,5-6,8H2,1H3,(H,14,17). The second kappa shape index (κ2) is 5.16. The SMILES string of the molecule is CNCC(O)c1cccc(N2CCC(=O)N2)c1. The zero-order valence-electron chi connectivity index (χ0n) is 9.81. The smallest absolute Gasteiger partial charge is 0.240 e. The van der Waals surface area contributed by atoms with Crippen molar-refractivity contribution in [1.82, 2.24) is 10.7 Å². The molecule has 1 unspecified atom stereocenters. The van der Waals surface area contributed by atoms with E-state index in [1.165, 1.54) is 0 Å². The van der Waals surface area contributed by atoms with Gasteiger partial charge in [0, 0.05) is 19.5 Å². The van der Waals surface area contributed by atoms with Crippen LogP contribution in [-0.2, 0) is 4.79 Å². The number of aliphatic hydroxyl groups is 1. The highest BCUT2D eigenvalue weighted by Crippen LogP contribution is 2.21. The fraction of sp³-hybridized carbons (Fsp3) is 0.417. The van der Waals surface area contributed by atoms with E-state index in [0.29, 0.717) is 19.5 Å². The molecule has 1 fully saturated rings. The summed E-state index contributed by atoms with van der Waals surface area (Å²) in [6.45, 7) is 1.18. The van der Waals surface area contributed by atoms with Crippen LogP contribution in [0.2, 0.25) is 0 Å². The van der Waals surface area contributed by atoms with Crippen LogP contribution in [0.15, 0.2) is 24.3 Å². The largest absolute Gasteiger partial charge is 0.387 e. The summed E-state index contributed by atoms with van der Waals surface area (Å²) in [5, 5.41) is 14.6. The van der Waals surface area contributed by atoms with Crippen molar-refractivity contribution in [1.29, 1.82) is 0 Å². The van der Waals surface area contributed by atoms with Gasteiger partial charge in [-0.2, -0.15) is 0 Å². The molecule has 0 aliphatic carbocycles. The molecule has 92 valence electrons. The van der Waals surface area contributed by atoms with Crippen LogP contribution in [0.5, 0.6) is 0 Å². The van der Waals surface area contributed by atoms with Crippen molar-refractivity contribution in [3.05, 3.63) is 29.8 Å². The lowest BCUT2D eigenvalue weighted by atomic mass is 10.1. The maximum Gasteiger partial charge on any atom is 0.240 e. The normalized spacial score (nSPS) is 17.1. The summed E-state index contributed by atoms with van der Waals surface area (Å²) in [6, 6.07) is 7.58. The molecule has 0 bridgehead atoms. The van der Waals surface area contributed by atoms with Crippen molar-refractivity contribution in [2.24, 2.45) is 0 Å². The maximum absolute atomic E-state index is 11.1. The van der Waals surface area contributed by atoms with Gasteiger partial charge in [0.15, 0.2) is 0 Å². The van der Waals surface area contributed by atoms with Gasteiger partial charge in [0.1, 0.15) is 0 Å². The van der Waals surface area contributed by atoms with Crippen LogP contribution in [0.25, 0.3) is 0 Å². The Morgan fingerprint density at radius 2 is 2.41 bits per heavy atom. The lowest BCUT2D eigenvalue weighted by Gasteiger charge is -2.19. The number of amides is 1. The molecular weight excluding hydrogens is 218 g/mol. The van der Waals surface area contributed by atoms with Crippen molar-refractivity contribution in [2.75, 3.05) is 25.1 Å². The van der Waals surface area contributed by atoms with E-state index in [1.54, 1.807) is 12.1 Å². The molecule has 0 saturated carbocycles. The summed E-state index contributed by atoms with van der Waals surface area (Å²) in [5.74, 6) is 0.0335. The Kier molecular flexibility index (Phi) is 3.61. The first kappa shape index (κ1) is 11.9. The van der Waals surface area contributed by atoms with E-state index in [9.17, 15) is 9.90 Å². The fourth-order valence-corrected chi connectivity index (χ4v) is 1.88. The molecule has 2 rings (SSSR count). The van der Waals surface area contributed by atoms with E-state index in [1.807, 2.05) is 24.3 Å². The molecular formula is C12H17N3O2. The van der Waals surface area contributed by atoms with E-state index >= 15 is 0 Å². The minimum atomic E-state index is -0.529. The summed E-state index contributed by atoms with van der Waals surface area (Å²) in [7, 11) is 1.80. The summed E-state index contributed by atoms with van der Waals surface area (Å²) in [4.78, 5) is 11.1. The molecule has 1 aromatic carbocycles. The number of benzene rings is 1. The molecule has 1 amide bonds. The number of anilines is 1. The van der Waals surface area contributed by atoms with E-state index in [4.69, 9.17) is 0 Å². The lowest BCUT2D eigenvalue weighted by molar-refractivity contribution is -0.119.